The Hall–Kier alpha value is -5.61. The molecule has 4 fully saturated rings. The zero-order valence-electron chi connectivity index (χ0n) is 38.8. The first kappa shape index (κ1) is 48.3. The van der Waals surface area contributed by atoms with Crippen molar-refractivity contribution >= 4 is 41.9 Å². The van der Waals surface area contributed by atoms with E-state index in [-0.39, 0.29) is 59.6 Å². The molecule has 14 rings (SSSR count). The molecule has 3 N–H and O–H groups in total. The van der Waals surface area contributed by atoms with Gasteiger partial charge in [-0.1, -0.05) is 0 Å². The summed E-state index contributed by atoms with van der Waals surface area (Å²) in [7, 11) is 2.68. The number of carbonyl (C=O) groups is 7. The summed E-state index contributed by atoms with van der Waals surface area (Å²) in [5.41, 5.74) is 4.46. The average Bonchev–Trinajstić information content (AvgIpc) is 3.64. The number of aliphatic carboxylic acids is 1. The number of alkyl carbamates (subject to hydrolysis) is 1. The molecule has 13 aliphatic rings. The fourth-order valence-corrected chi connectivity index (χ4v) is 11.9. The van der Waals surface area contributed by atoms with Gasteiger partial charge in [-0.3, -0.25) is 10.1 Å². The molecule has 1 aromatic rings. The van der Waals surface area contributed by atoms with Gasteiger partial charge in [-0.05, 0) is 172 Å². The minimum atomic E-state index is -0.954. The third-order valence-corrected chi connectivity index (χ3v) is 14.8. The molecule has 17 nitrogen and oxygen atoms in total. The molecule has 1 aliphatic heterocycles. The first-order valence-electron chi connectivity index (χ1n) is 23.6. The van der Waals surface area contributed by atoms with Gasteiger partial charge in [0.2, 0.25) is 5.82 Å². The quantitative estimate of drug-likeness (QED) is 0.148. The zero-order chi connectivity index (χ0) is 47.6. The van der Waals surface area contributed by atoms with E-state index < -0.39 is 29.6 Å². The maximum Gasteiger partial charge on any atom is 0.411 e. The van der Waals surface area contributed by atoms with Crippen molar-refractivity contribution in [2.45, 2.75) is 148 Å². The number of carboxylic acid groups (broad SMARTS) is 1. The van der Waals surface area contributed by atoms with E-state index >= 15 is 0 Å². The lowest BCUT2D eigenvalue weighted by Gasteiger charge is -2.39. The standard InChI is InChI=1S/C15H23NO4.C13H16N2O3.C11H14O4.C10H10O3/c1-15(2,3)20-14(18)16-12-10-7-5-9(6-8-10)11(12)13(17)19-4;1-2-18-13(17)11-14-10-8-5-3-7(4-6-8)9(10)12(16)15-11;1-15-11(14)9-7-4-2-6(3-5-7)8(9)10(12)13;11-9-7-5-1-2-6(4-3-5)8(7)10(12)13-9/h9-10H,5-8H2,1-4H3,(H,16,18);7-8H,2-6H2,1H3,(H,14,15,16);6-7H,2-5H2,1H3,(H,12,13);5-6H,1-4H2. The van der Waals surface area contributed by atoms with E-state index in [0.29, 0.717) is 57.2 Å². The largest absolute Gasteiger partial charge is 0.478 e. The second-order valence-corrected chi connectivity index (χ2v) is 19.7. The second kappa shape index (κ2) is 20.1. The number of nitrogens with one attached hydrogen (secondary N) is 2. The molecule has 0 radical (unpaired) electrons. The predicted molar refractivity (Wildman–Crippen MR) is 234 cm³/mol. The van der Waals surface area contributed by atoms with Gasteiger partial charge in [0.05, 0.1) is 54.4 Å². The number of allylic oxidation sites excluding steroid dienone is 1. The highest BCUT2D eigenvalue weighted by Crippen LogP contribution is 2.50. The molecular formula is C49H63N3O14. The molecule has 0 saturated heterocycles. The minimum Gasteiger partial charge on any atom is -0.478 e. The molecule has 2 heterocycles. The van der Waals surface area contributed by atoms with Gasteiger partial charge in [-0.15, -0.1) is 0 Å². The Morgan fingerprint density at radius 3 is 1.56 bits per heavy atom. The fourth-order valence-electron chi connectivity index (χ4n) is 11.9. The fraction of sp³-hybridized carbons (Fsp3) is 0.653. The third kappa shape index (κ3) is 10.0. The molecule has 0 atom stereocenters. The van der Waals surface area contributed by atoms with Crippen LogP contribution in [0.3, 0.4) is 0 Å². The summed E-state index contributed by atoms with van der Waals surface area (Å²) in [6.45, 7) is 7.46. The van der Waals surface area contributed by atoms with Gasteiger partial charge in [-0.25, -0.2) is 38.5 Å². The van der Waals surface area contributed by atoms with Crippen LogP contribution in [-0.4, -0.2) is 83.4 Å². The molecule has 0 aromatic carbocycles. The number of ether oxygens (including phenoxy) is 5. The normalized spacial score (nSPS) is 28.3. The van der Waals surface area contributed by atoms with Crippen LogP contribution in [0.4, 0.5) is 4.79 Å². The lowest BCUT2D eigenvalue weighted by atomic mass is 9.67. The summed E-state index contributed by atoms with van der Waals surface area (Å²) in [6.07, 6.45) is 15.7. The summed E-state index contributed by atoms with van der Waals surface area (Å²) in [6, 6.07) is 0. The molecule has 17 heteroatoms. The van der Waals surface area contributed by atoms with Gasteiger partial charge >= 0.3 is 41.9 Å². The van der Waals surface area contributed by atoms with E-state index in [1.807, 2.05) is 20.8 Å². The van der Waals surface area contributed by atoms with Crippen molar-refractivity contribution in [3.05, 3.63) is 61.0 Å². The number of rotatable bonds is 6. The van der Waals surface area contributed by atoms with Crippen molar-refractivity contribution in [2.75, 3.05) is 20.8 Å². The van der Waals surface area contributed by atoms with Crippen LogP contribution in [0.1, 0.15) is 164 Å². The summed E-state index contributed by atoms with van der Waals surface area (Å²) >= 11 is 0. The molecule has 1 aromatic heterocycles. The molecule has 66 heavy (non-hydrogen) atoms. The molecule has 1 amide bonds. The van der Waals surface area contributed by atoms with Crippen LogP contribution in [0.25, 0.3) is 0 Å². The van der Waals surface area contributed by atoms with Gasteiger partial charge in [0.25, 0.3) is 5.56 Å². The highest BCUT2D eigenvalue weighted by Gasteiger charge is 2.47. The predicted octanol–water partition coefficient (Wildman–Crippen LogP) is 7.01. The zero-order valence-corrected chi connectivity index (χ0v) is 38.8. The Balaban J connectivity index is 0.000000132. The Bertz CT molecular complexity index is 2250. The number of H-pyrrole nitrogens is 1. The van der Waals surface area contributed by atoms with E-state index in [1.165, 1.54) is 14.2 Å². The second-order valence-electron chi connectivity index (χ2n) is 19.7. The van der Waals surface area contributed by atoms with E-state index in [4.69, 9.17) is 19.3 Å². The maximum atomic E-state index is 12.1. The van der Waals surface area contributed by atoms with Crippen molar-refractivity contribution in [2.24, 2.45) is 35.5 Å². The summed E-state index contributed by atoms with van der Waals surface area (Å²) in [5, 5.41) is 11.9. The van der Waals surface area contributed by atoms with Gasteiger partial charge in [0.15, 0.2) is 0 Å². The Kier molecular flexibility index (Phi) is 14.7. The molecule has 12 aliphatic carbocycles. The number of nitrogens with zero attached hydrogens (tertiary/aromatic N) is 1. The number of fused-ring (bicyclic) bond motifs is 8. The van der Waals surface area contributed by atoms with Gasteiger partial charge < -0.3 is 33.8 Å². The van der Waals surface area contributed by atoms with E-state index in [0.717, 1.165) is 114 Å². The van der Waals surface area contributed by atoms with Crippen molar-refractivity contribution in [1.82, 2.24) is 15.3 Å². The Labute approximate surface area is 383 Å². The lowest BCUT2D eigenvalue weighted by molar-refractivity contribution is -0.151. The number of esters is 5. The minimum absolute atomic E-state index is 0.0492. The molecule has 4 saturated carbocycles. The van der Waals surface area contributed by atoms with Gasteiger partial charge in [-0.2, -0.15) is 0 Å². The topological polar surface area (TPSA) is 244 Å². The smallest absolute Gasteiger partial charge is 0.411 e. The van der Waals surface area contributed by atoms with Crippen LogP contribution in [0, 0.1) is 35.5 Å². The van der Waals surface area contributed by atoms with E-state index in [1.54, 1.807) is 6.92 Å². The first-order valence-corrected chi connectivity index (χ1v) is 23.6. The molecular weight excluding hydrogens is 855 g/mol. The highest BCUT2D eigenvalue weighted by atomic mass is 16.6. The SMILES string of the molecule is CCOC(=O)c1nc2c(c(=O)[nH]1)C1CCC2CC1.COC(=O)C1=C(C(=O)O)C2CCC1CC2.COC(=O)C1=C(NC(=O)OC(C)(C)C)C2CCC1CC2.O=C1OC(=O)C2=C1C1CCC2CC1. The number of amides is 1. The number of hydrogen-bond donors (Lipinski definition) is 3. The number of cyclic esters (lactones) is 2. The maximum absolute atomic E-state index is 12.1. The summed E-state index contributed by atoms with van der Waals surface area (Å²) < 4.78 is 24.3. The number of carbonyl (C=O) groups excluding carboxylic acids is 6. The van der Waals surface area contributed by atoms with Crippen molar-refractivity contribution in [3.8, 4) is 0 Å². The van der Waals surface area contributed by atoms with Crippen LogP contribution in [0.2, 0.25) is 0 Å². The number of aromatic amines is 1. The summed E-state index contributed by atoms with van der Waals surface area (Å²) in [5.74, 6) is -1.04. The number of carboxylic acids is 1. The van der Waals surface area contributed by atoms with Crippen molar-refractivity contribution < 1.29 is 62.4 Å². The lowest BCUT2D eigenvalue weighted by Crippen LogP contribution is -2.40. The van der Waals surface area contributed by atoms with E-state index in [9.17, 15) is 38.4 Å². The number of aromatic nitrogens is 2. The van der Waals surface area contributed by atoms with Crippen LogP contribution in [0.5, 0.6) is 0 Å². The van der Waals surface area contributed by atoms with Gasteiger partial charge in [0.1, 0.15) is 5.60 Å². The van der Waals surface area contributed by atoms with Crippen molar-refractivity contribution in [3.63, 3.8) is 0 Å². The average molecular weight is 918 g/mol. The van der Waals surface area contributed by atoms with Crippen LogP contribution in [-0.2, 0) is 47.7 Å². The first-order chi connectivity index (χ1) is 31.4. The van der Waals surface area contributed by atoms with Gasteiger partial charge in [0, 0.05) is 17.2 Å². The Morgan fingerprint density at radius 2 is 1.08 bits per heavy atom. The van der Waals surface area contributed by atoms with Crippen LogP contribution in [0.15, 0.2) is 38.4 Å². The van der Waals surface area contributed by atoms with Crippen LogP contribution >= 0.6 is 0 Å². The molecule has 0 spiro atoms. The molecule has 0 unspecified atom stereocenters. The number of hydrogen-bond acceptors (Lipinski definition) is 14. The third-order valence-electron chi connectivity index (χ3n) is 14.8. The highest BCUT2D eigenvalue weighted by molar-refractivity contribution is 6.13. The monoisotopic (exact) mass is 917 g/mol. The number of methoxy groups -OCH3 is 2. The van der Waals surface area contributed by atoms with Crippen LogP contribution < -0.4 is 10.9 Å². The molecule has 358 valence electrons. The van der Waals surface area contributed by atoms with E-state index in [2.05, 4.69) is 24.8 Å². The molecule has 8 bridgehead atoms. The summed E-state index contributed by atoms with van der Waals surface area (Å²) in [4.78, 5) is 99.8. The Morgan fingerprint density at radius 1 is 0.636 bits per heavy atom. The van der Waals surface area contributed by atoms with Crippen molar-refractivity contribution in [1.29, 1.82) is 0 Å².